The number of ketones is 1. The molecule has 0 aromatic heterocycles. The summed E-state index contributed by atoms with van der Waals surface area (Å²) in [4.78, 5) is 24.8. The monoisotopic (exact) mass is 236 g/mol. The minimum atomic E-state index is 0.190. The van der Waals surface area contributed by atoms with Crippen molar-refractivity contribution in [1.82, 2.24) is 10.2 Å². The second-order valence-electron chi connectivity index (χ2n) is 4.75. The van der Waals surface area contributed by atoms with Crippen molar-refractivity contribution in [3.8, 4) is 0 Å². The molecule has 0 radical (unpaired) electrons. The molecule has 1 aliphatic heterocycles. The van der Waals surface area contributed by atoms with Crippen LogP contribution in [0, 0.1) is 0 Å². The SMILES string of the molecule is O=C1C=C(NCCC(=O)N2CCCCC2)CC1. The van der Waals surface area contributed by atoms with Gasteiger partial charge in [-0.1, -0.05) is 0 Å². The first-order valence-corrected chi connectivity index (χ1v) is 6.51. The molecule has 1 heterocycles. The fourth-order valence-electron chi connectivity index (χ4n) is 2.37. The van der Waals surface area contributed by atoms with Gasteiger partial charge < -0.3 is 10.2 Å². The number of carbonyl (C=O) groups excluding carboxylic acids is 2. The van der Waals surface area contributed by atoms with Crippen LogP contribution in [-0.4, -0.2) is 36.2 Å². The highest BCUT2D eigenvalue weighted by molar-refractivity contribution is 5.92. The fourth-order valence-corrected chi connectivity index (χ4v) is 2.37. The molecule has 4 heteroatoms. The molecule has 0 unspecified atom stereocenters. The Morgan fingerprint density at radius 3 is 2.65 bits per heavy atom. The minimum absolute atomic E-state index is 0.190. The van der Waals surface area contributed by atoms with E-state index in [0.717, 1.165) is 38.0 Å². The van der Waals surface area contributed by atoms with Crippen molar-refractivity contribution in [3.05, 3.63) is 11.8 Å². The van der Waals surface area contributed by atoms with Crippen LogP contribution < -0.4 is 5.32 Å². The second-order valence-corrected chi connectivity index (χ2v) is 4.75. The van der Waals surface area contributed by atoms with Gasteiger partial charge in [-0.15, -0.1) is 0 Å². The van der Waals surface area contributed by atoms with Gasteiger partial charge in [0.25, 0.3) is 0 Å². The third kappa shape index (κ3) is 3.58. The van der Waals surface area contributed by atoms with Crippen LogP contribution in [0.5, 0.6) is 0 Å². The van der Waals surface area contributed by atoms with Crippen molar-refractivity contribution in [2.45, 2.75) is 38.5 Å². The van der Waals surface area contributed by atoms with Crippen molar-refractivity contribution in [3.63, 3.8) is 0 Å². The Hall–Kier alpha value is -1.32. The van der Waals surface area contributed by atoms with Gasteiger partial charge >= 0.3 is 0 Å². The standard InChI is InChI=1S/C13H20N2O2/c16-12-5-4-11(10-12)14-7-6-13(17)15-8-2-1-3-9-15/h10,14H,1-9H2. The molecule has 1 aliphatic carbocycles. The van der Waals surface area contributed by atoms with Gasteiger partial charge in [0.05, 0.1) is 0 Å². The van der Waals surface area contributed by atoms with E-state index in [1.54, 1.807) is 6.08 Å². The molecule has 0 saturated carbocycles. The third-order valence-corrected chi connectivity index (χ3v) is 3.38. The van der Waals surface area contributed by atoms with Gasteiger partial charge in [-0.3, -0.25) is 9.59 Å². The average Bonchev–Trinajstić information content (AvgIpc) is 2.76. The number of nitrogens with zero attached hydrogens (tertiary/aromatic N) is 1. The van der Waals surface area contributed by atoms with Gasteiger partial charge in [-0.25, -0.2) is 0 Å². The van der Waals surface area contributed by atoms with Crippen LogP contribution in [0.2, 0.25) is 0 Å². The summed E-state index contributed by atoms with van der Waals surface area (Å²) in [5.41, 5.74) is 0.987. The Balaban J connectivity index is 1.66. The number of hydrogen-bond donors (Lipinski definition) is 1. The molecule has 0 atom stereocenters. The van der Waals surface area contributed by atoms with Crippen LogP contribution in [0.3, 0.4) is 0 Å². The lowest BCUT2D eigenvalue weighted by Gasteiger charge is -2.26. The molecule has 94 valence electrons. The largest absolute Gasteiger partial charge is 0.388 e. The highest BCUT2D eigenvalue weighted by Gasteiger charge is 2.16. The number of hydrogen-bond acceptors (Lipinski definition) is 3. The van der Waals surface area contributed by atoms with Crippen LogP contribution in [-0.2, 0) is 9.59 Å². The summed E-state index contributed by atoms with van der Waals surface area (Å²) in [6.45, 7) is 2.48. The quantitative estimate of drug-likeness (QED) is 0.798. The molecule has 1 fully saturated rings. The van der Waals surface area contributed by atoms with Crippen molar-refractivity contribution >= 4 is 11.7 Å². The molecule has 0 spiro atoms. The zero-order valence-corrected chi connectivity index (χ0v) is 10.2. The smallest absolute Gasteiger partial charge is 0.224 e. The molecule has 0 aromatic carbocycles. The summed E-state index contributed by atoms with van der Waals surface area (Å²) >= 11 is 0. The maximum atomic E-state index is 11.8. The van der Waals surface area contributed by atoms with Gasteiger partial charge in [0.15, 0.2) is 5.78 Å². The predicted molar refractivity (Wildman–Crippen MR) is 65.4 cm³/mol. The molecule has 2 rings (SSSR count). The van der Waals surface area contributed by atoms with Gasteiger partial charge in [0.2, 0.25) is 5.91 Å². The zero-order chi connectivity index (χ0) is 12.1. The van der Waals surface area contributed by atoms with Crippen LogP contribution in [0.15, 0.2) is 11.8 Å². The first kappa shape index (κ1) is 12.1. The van der Waals surface area contributed by atoms with E-state index < -0.39 is 0 Å². The van der Waals surface area contributed by atoms with Crippen LogP contribution >= 0.6 is 0 Å². The van der Waals surface area contributed by atoms with E-state index in [1.165, 1.54) is 6.42 Å². The summed E-state index contributed by atoms with van der Waals surface area (Å²) < 4.78 is 0. The van der Waals surface area contributed by atoms with E-state index in [9.17, 15) is 9.59 Å². The van der Waals surface area contributed by atoms with Crippen LogP contribution in [0.25, 0.3) is 0 Å². The van der Waals surface area contributed by atoms with Gasteiger partial charge in [-0.2, -0.15) is 0 Å². The van der Waals surface area contributed by atoms with E-state index >= 15 is 0 Å². The third-order valence-electron chi connectivity index (χ3n) is 3.38. The van der Waals surface area contributed by atoms with E-state index in [0.29, 0.717) is 19.4 Å². The highest BCUT2D eigenvalue weighted by Crippen LogP contribution is 2.12. The lowest BCUT2D eigenvalue weighted by molar-refractivity contribution is -0.131. The Kier molecular flexibility index (Phi) is 4.18. The summed E-state index contributed by atoms with van der Waals surface area (Å²) in [6.07, 6.45) is 7.13. The van der Waals surface area contributed by atoms with E-state index in [4.69, 9.17) is 0 Å². The Morgan fingerprint density at radius 1 is 1.24 bits per heavy atom. The second kappa shape index (κ2) is 5.84. The molecular formula is C13H20N2O2. The molecule has 1 N–H and O–H groups in total. The van der Waals surface area contributed by atoms with Gasteiger partial charge in [-0.05, 0) is 25.7 Å². The Bertz CT molecular complexity index is 330. The van der Waals surface area contributed by atoms with Crippen molar-refractivity contribution < 1.29 is 9.59 Å². The molecule has 4 nitrogen and oxygen atoms in total. The normalized spacial score (nSPS) is 20.4. The van der Waals surface area contributed by atoms with E-state index in [1.807, 2.05) is 4.90 Å². The van der Waals surface area contributed by atoms with Gasteiger partial charge in [0, 0.05) is 44.2 Å². The molecular weight excluding hydrogens is 216 g/mol. The molecule has 17 heavy (non-hydrogen) atoms. The number of amides is 1. The molecule has 1 amide bonds. The van der Waals surface area contributed by atoms with Crippen molar-refractivity contribution in [2.24, 2.45) is 0 Å². The lowest BCUT2D eigenvalue weighted by atomic mass is 10.1. The molecule has 2 aliphatic rings. The van der Waals surface area contributed by atoms with Crippen molar-refractivity contribution in [1.29, 1.82) is 0 Å². The Labute approximate surface area is 102 Å². The number of nitrogens with one attached hydrogen (secondary N) is 1. The predicted octanol–water partition coefficient (Wildman–Crippen LogP) is 1.23. The van der Waals surface area contributed by atoms with E-state index in [2.05, 4.69) is 5.32 Å². The first-order chi connectivity index (χ1) is 8.25. The zero-order valence-electron chi connectivity index (χ0n) is 10.2. The van der Waals surface area contributed by atoms with Crippen LogP contribution in [0.1, 0.15) is 38.5 Å². The van der Waals surface area contributed by atoms with E-state index in [-0.39, 0.29) is 11.7 Å². The molecule has 1 saturated heterocycles. The van der Waals surface area contributed by atoms with Crippen molar-refractivity contribution in [2.75, 3.05) is 19.6 Å². The van der Waals surface area contributed by atoms with Gasteiger partial charge in [0.1, 0.15) is 0 Å². The first-order valence-electron chi connectivity index (χ1n) is 6.51. The molecule has 0 bridgehead atoms. The Morgan fingerprint density at radius 2 is 2.00 bits per heavy atom. The number of likely N-dealkylation sites (tertiary alicyclic amines) is 1. The summed E-state index contributed by atoms with van der Waals surface area (Å²) in [5, 5.41) is 3.17. The fraction of sp³-hybridized carbons (Fsp3) is 0.692. The average molecular weight is 236 g/mol. The molecule has 0 aromatic rings. The number of piperidine rings is 1. The number of allylic oxidation sites excluding steroid dienone is 2. The summed E-state index contributed by atoms with van der Waals surface area (Å²) in [5.74, 6) is 0.428. The maximum absolute atomic E-state index is 11.8. The summed E-state index contributed by atoms with van der Waals surface area (Å²) in [6, 6.07) is 0. The topological polar surface area (TPSA) is 49.4 Å². The lowest BCUT2D eigenvalue weighted by Crippen LogP contribution is -2.36. The number of carbonyl (C=O) groups is 2. The highest BCUT2D eigenvalue weighted by atomic mass is 16.2. The summed E-state index contributed by atoms with van der Waals surface area (Å²) in [7, 11) is 0. The number of rotatable bonds is 4. The minimum Gasteiger partial charge on any atom is -0.388 e. The van der Waals surface area contributed by atoms with Crippen LogP contribution in [0.4, 0.5) is 0 Å². The maximum Gasteiger partial charge on any atom is 0.224 e.